The number of nitrogens with one attached hydrogen (secondary N) is 1. The first kappa shape index (κ1) is 14.7. The van der Waals surface area contributed by atoms with Gasteiger partial charge < -0.3 is 11.1 Å². The number of nitrogens with zero attached hydrogens (tertiary/aromatic N) is 2. The molecule has 2 rings (SSSR count). The maximum atomic E-state index is 5.67. The predicted molar refractivity (Wildman–Crippen MR) is 77.8 cm³/mol. The summed E-state index contributed by atoms with van der Waals surface area (Å²) >= 11 is 0. The van der Waals surface area contributed by atoms with Crippen LogP contribution in [0, 0.1) is 13.8 Å². The van der Waals surface area contributed by atoms with Crippen LogP contribution in [0.4, 0.5) is 11.8 Å². The molecule has 1 aliphatic carbocycles. The van der Waals surface area contributed by atoms with Crippen molar-refractivity contribution in [2.24, 2.45) is 0 Å². The predicted octanol–water partition coefficient (Wildman–Crippen LogP) is 3.45. The molecule has 0 saturated heterocycles. The van der Waals surface area contributed by atoms with E-state index in [2.05, 4.69) is 15.3 Å². The average molecular weight is 250 g/mol. The molecule has 0 aliphatic heterocycles. The fourth-order valence-electron chi connectivity index (χ4n) is 2.23. The standard InChI is InChI=1S/C12H20N4.C2H6/c1-8-9(2)14-12(13)16-11(8)15-10-6-4-3-5-7-10;1-2/h10H,3-7H2,1-2H3,(H3,13,14,15,16);1-2H3. The Bertz CT molecular complexity index is 370. The maximum absolute atomic E-state index is 5.67. The largest absolute Gasteiger partial charge is 0.368 e. The molecule has 1 aromatic heterocycles. The lowest BCUT2D eigenvalue weighted by Crippen LogP contribution is -2.24. The molecule has 0 atom stereocenters. The molecule has 0 spiro atoms. The van der Waals surface area contributed by atoms with Crippen LogP contribution in [0.15, 0.2) is 0 Å². The monoisotopic (exact) mass is 250 g/mol. The molecular weight excluding hydrogens is 224 g/mol. The SMILES string of the molecule is CC.Cc1nc(N)nc(NC2CCCCC2)c1C. The van der Waals surface area contributed by atoms with Gasteiger partial charge in [-0.15, -0.1) is 0 Å². The zero-order valence-corrected chi connectivity index (χ0v) is 12.1. The zero-order valence-electron chi connectivity index (χ0n) is 12.1. The fourth-order valence-corrected chi connectivity index (χ4v) is 2.23. The molecule has 0 amide bonds. The number of hydrogen-bond acceptors (Lipinski definition) is 4. The van der Waals surface area contributed by atoms with E-state index in [0.29, 0.717) is 12.0 Å². The maximum Gasteiger partial charge on any atom is 0.222 e. The molecule has 0 unspecified atom stereocenters. The molecule has 18 heavy (non-hydrogen) atoms. The zero-order chi connectivity index (χ0) is 13.5. The fraction of sp³-hybridized carbons (Fsp3) is 0.714. The van der Waals surface area contributed by atoms with Crippen molar-refractivity contribution >= 4 is 11.8 Å². The second-order valence-electron chi connectivity index (χ2n) is 4.62. The Morgan fingerprint density at radius 2 is 1.67 bits per heavy atom. The number of hydrogen-bond donors (Lipinski definition) is 2. The Kier molecular flexibility index (Phi) is 5.89. The number of nitrogen functional groups attached to an aromatic ring is 1. The summed E-state index contributed by atoms with van der Waals surface area (Å²) in [6.07, 6.45) is 6.47. The van der Waals surface area contributed by atoms with E-state index in [4.69, 9.17) is 5.73 Å². The van der Waals surface area contributed by atoms with E-state index in [9.17, 15) is 0 Å². The third kappa shape index (κ3) is 3.86. The highest BCUT2D eigenvalue weighted by molar-refractivity contribution is 5.49. The number of nitrogens with two attached hydrogens (primary N) is 1. The van der Waals surface area contributed by atoms with E-state index in [1.807, 2.05) is 27.7 Å². The summed E-state index contributed by atoms with van der Waals surface area (Å²) in [5, 5.41) is 3.50. The van der Waals surface area contributed by atoms with E-state index in [1.165, 1.54) is 32.1 Å². The molecule has 102 valence electrons. The molecule has 3 N–H and O–H groups in total. The summed E-state index contributed by atoms with van der Waals surface area (Å²) in [6.45, 7) is 8.01. The number of rotatable bonds is 2. The Hall–Kier alpha value is -1.32. The molecule has 1 fully saturated rings. The van der Waals surface area contributed by atoms with Crippen LogP contribution in [0.25, 0.3) is 0 Å². The first-order valence-corrected chi connectivity index (χ1v) is 7.04. The summed E-state index contributed by atoms with van der Waals surface area (Å²) in [4.78, 5) is 8.44. The van der Waals surface area contributed by atoms with Crippen LogP contribution in [0.2, 0.25) is 0 Å². The van der Waals surface area contributed by atoms with Crippen molar-refractivity contribution in [3.63, 3.8) is 0 Å². The van der Waals surface area contributed by atoms with E-state index in [-0.39, 0.29) is 0 Å². The molecule has 1 aromatic rings. The van der Waals surface area contributed by atoms with Crippen molar-refractivity contribution < 1.29 is 0 Å². The molecule has 4 heteroatoms. The first-order chi connectivity index (χ1) is 8.66. The molecule has 1 heterocycles. The lowest BCUT2D eigenvalue weighted by Gasteiger charge is -2.24. The van der Waals surface area contributed by atoms with Crippen molar-refractivity contribution in [1.82, 2.24) is 9.97 Å². The Balaban J connectivity index is 0.000000771. The van der Waals surface area contributed by atoms with E-state index in [0.717, 1.165) is 17.1 Å². The van der Waals surface area contributed by atoms with Gasteiger partial charge in [0.05, 0.1) is 0 Å². The highest BCUT2D eigenvalue weighted by atomic mass is 15.1. The van der Waals surface area contributed by atoms with Crippen LogP contribution in [0.5, 0.6) is 0 Å². The van der Waals surface area contributed by atoms with Crippen LogP contribution in [-0.2, 0) is 0 Å². The minimum absolute atomic E-state index is 0.362. The van der Waals surface area contributed by atoms with Crippen LogP contribution in [0.3, 0.4) is 0 Å². The van der Waals surface area contributed by atoms with Gasteiger partial charge in [0.2, 0.25) is 5.95 Å². The summed E-state index contributed by atoms with van der Waals surface area (Å²) in [5.74, 6) is 1.28. The minimum Gasteiger partial charge on any atom is -0.368 e. The van der Waals surface area contributed by atoms with E-state index in [1.54, 1.807) is 0 Å². The van der Waals surface area contributed by atoms with Gasteiger partial charge in [0, 0.05) is 17.3 Å². The summed E-state index contributed by atoms with van der Waals surface area (Å²) in [6, 6.07) is 0.557. The smallest absolute Gasteiger partial charge is 0.222 e. The minimum atomic E-state index is 0.362. The second-order valence-corrected chi connectivity index (χ2v) is 4.62. The number of anilines is 2. The molecule has 0 aromatic carbocycles. The summed E-state index contributed by atoms with van der Waals surface area (Å²) < 4.78 is 0. The number of aromatic nitrogens is 2. The second kappa shape index (κ2) is 7.19. The summed E-state index contributed by atoms with van der Waals surface area (Å²) in [5.41, 5.74) is 7.75. The van der Waals surface area contributed by atoms with Crippen LogP contribution in [0.1, 0.15) is 57.2 Å². The van der Waals surface area contributed by atoms with Gasteiger partial charge in [0.15, 0.2) is 0 Å². The van der Waals surface area contributed by atoms with Crippen molar-refractivity contribution in [2.75, 3.05) is 11.1 Å². The van der Waals surface area contributed by atoms with E-state index >= 15 is 0 Å². The highest BCUT2D eigenvalue weighted by Crippen LogP contribution is 2.23. The first-order valence-electron chi connectivity index (χ1n) is 7.04. The van der Waals surface area contributed by atoms with Crippen LogP contribution >= 0.6 is 0 Å². The third-order valence-electron chi connectivity index (χ3n) is 3.35. The normalized spacial score (nSPS) is 15.8. The molecule has 1 saturated carbocycles. The third-order valence-corrected chi connectivity index (χ3v) is 3.35. The van der Waals surface area contributed by atoms with E-state index < -0.39 is 0 Å². The van der Waals surface area contributed by atoms with Crippen LogP contribution < -0.4 is 11.1 Å². The van der Waals surface area contributed by atoms with Gasteiger partial charge in [0.25, 0.3) is 0 Å². The number of aryl methyl sites for hydroxylation is 1. The molecule has 0 radical (unpaired) electrons. The van der Waals surface area contributed by atoms with Gasteiger partial charge in [0.1, 0.15) is 5.82 Å². The Morgan fingerprint density at radius 1 is 1.06 bits per heavy atom. The van der Waals surface area contributed by atoms with Crippen molar-refractivity contribution in [3.05, 3.63) is 11.3 Å². The van der Waals surface area contributed by atoms with Gasteiger partial charge in [-0.2, -0.15) is 4.98 Å². The highest BCUT2D eigenvalue weighted by Gasteiger charge is 2.15. The molecule has 4 nitrogen and oxygen atoms in total. The average Bonchev–Trinajstić information content (AvgIpc) is 2.39. The van der Waals surface area contributed by atoms with Gasteiger partial charge in [-0.05, 0) is 26.7 Å². The van der Waals surface area contributed by atoms with Gasteiger partial charge >= 0.3 is 0 Å². The lowest BCUT2D eigenvalue weighted by atomic mass is 9.95. The Labute approximate surface area is 110 Å². The molecule has 1 aliphatic rings. The molecule has 0 bridgehead atoms. The van der Waals surface area contributed by atoms with Crippen LogP contribution in [-0.4, -0.2) is 16.0 Å². The topological polar surface area (TPSA) is 63.8 Å². The lowest BCUT2D eigenvalue weighted by molar-refractivity contribution is 0.461. The van der Waals surface area contributed by atoms with Gasteiger partial charge in [-0.25, -0.2) is 4.98 Å². The van der Waals surface area contributed by atoms with Crippen molar-refractivity contribution in [1.29, 1.82) is 0 Å². The van der Waals surface area contributed by atoms with Crippen molar-refractivity contribution in [2.45, 2.75) is 65.8 Å². The van der Waals surface area contributed by atoms with Gasteiger partial charge in [-0.1, -0.05) is 33.1 Å². The Morgan fingerprint density at radius 3 is 2.28 bits per heavy atom. The molecular formula is C14H26N4. The summed E-state index contributed by atoms with van der Waals surface area (Å²) in [7, 11) is 0. The van der Waals surface area contributed by atoms with Crippen molar-refractivity contribution in [3.8, 4) is 0 Å². The quantitative estimate of drug-likeness (QED) is 0.844. The van der Waals surface area contributed by atoms with Gasteiger partial charge in [-0.3, -0.25) is 0 Å².